The van der Waals surface area contributed by atoms with Crippen LogP contribution < -0.4 is 0 Å². The van der Waals surface area contributed by atoms with Gasteiger partial charge in [-0.25, -0.2) is 0 Å². The molecular weight excluding hydrogens is 150 g/mol. The summed E-state index contributed by atoms with van der Waals surface area (Å²) in [4.78, 5) is 13.6. The molecule has 0 aliphatic carbocycles. The van der Waals surface area contributed by atoms with Crippen LogP contribution in [0.15, 0.2) is 0 Å². The Bertz CT molecular complexity index is 159. The number of Topliss-reactive ketones (excluding diaryl/α,β-unsaturated/α-hetero) is 1. The summed E-state index contributed by atoms with van der Waals surface area (Å²) in [6, 6.07) is 0. The van der Waals surface area contributed by atoms with Crippen molar-refractivity contribution in [3.63, 3.8) is 0 Å². The molecule has 0 spiro atoms. The van der Waals surface area contributed by atoms with Crippen LogP contribution in [-0.4, -0.2) is 30.3 Å². The van der Waals surface area contributed by atoms with Crippen LogP contribution in [0.2, 0.25) is 0 Å². The standard InChI is InChI=1S/C10H21NO/c1-8(2)7-9(12)10(3,4)11(5)6/h8H,7H2,1-6H3. The van der Waals surface area contributed by atoms with Crippen molar-refractivity contribution in [1.29, 1.82) is 0 Å². The van der Waals surface area contributed by atoms with Crippen LogP contribution in [0.3, 0.4) is 0 Å². The van der Waals surface area contributed by atoms with Crippen molar-refractivity contribution in [2.45, 2.75) is 39.7 Å². The van der Waals surface area contributed by atoms with E-state index in [2.05, 4.69) is 13.8 Å². The molecule has 12 heavy (non-hydrogen) atoms. The van der Waals surface area contributed by atoms with Gasteiger partial charge < -0.3 is 0 Å². The van der Waals surface area contributed by atoms with Gasteiger partial charge in [-0.2, -0.15) is 0 Å². The van der Waals surface area contributed by atoms with Gasteiger partial charge in [-0.15, -0.1) is 0 Å². The van der Waals surface area contributed by atoms with Crippen LogP contribution in [0, 0.1) is 5.92 Å². The van der Waals surface area contributed by atoms with Crippen molar-refractivity contribution in [2.75, 3.05) is 14.1 Å². The average Bonchev–Trinajstić information content (AvgIpc) is 1.85. The molecule has 2 heteroatoms. The smallest absolute Gasteiger partial charge is 0.152 e. The Kier molecular flexibility index (Phi) is 3.91. The lowest BCUT2D eigenvalue weighted by Crippen LogP contribution is -2.46. The summed E-state index contributed by atoms with van der Waals surface area (Å²) in [6.07, 6.45) is 0.672. The largest absolute Gasteiger partial charge is 0.298 e. The first-order chi connectivity index (χ1) is 5.28. The Labute approximate surface area is 75.9 Å². The summed E-state index contributed by atoms with van der Waals surface area (Å²) in [6.45, 7) is 8.09. The highest BCUT2D eigenvalue weighted by molar-refractivity contribution is 5.87. The molecule has 72 valence electrons. The van der Waals surface area contributed by atoms with Crippen LogP contribution in [0.25, 0.3) is 0 Å². The Balaban J connectivity index is 4.26. The van der Waals surface area contributed by atoms with Crippen LogP contribution >= 0.6 is 0 Å². The number of ketones is 1. The fourth-order valence-corrected chi connectivity index (χ4v) is 0.870. The molecule has 0 heterocycles. The number of likely N-dealkylation sites (N-methyl/N-ethyl adjacent to an activating group) is 1. The predicted octanol–water partition coefficient (Wildman–Crippen LogP) is 1.94. The topological polar surface area (TPSA) is 20.3 Å². The second kappa shape index (κ2) is 4.04. The molecule has 0 amide bonds. The normalized spacial score (nSPS) is 12.7. The van der Waals surface area contributed by atoms with Crippen LogP contribution in [0.5, 0.6) is 0 Å². The molecule has 0 aromatic rings. The molecule has 0 aromatic heterocycles. The lowest BCUT2D eigenvalue weighted by molar-refractivity contribution is -0.128. The lowest BCUT2D eigenvalue weighted by atomic mass is 9.91. The van der Waals surface area contributed by atoms with E-state index in [9.17, 15) is 4.79 Å². The van der Waals surface area contributed by atoms with Gasteiger partial charge in [0.25, 0.3) is 0 Å². The highest BCUT2D eigenvalue weighted by atomic mass is 16.1. The molecule has 0 saturated carbocycles. The van der Waals surface area contributed by atoms with Gasteiger partial charge in [0.2, 0.25) is 0 Å². The van der Waals surface area contributed by atoms with Crippen molar-refractivity contribution in [3.8, 4) is 0 Å². The van der Waals surface area contributed by atoms with Gasteiger partial charge in [0.15, 0.2) is 5.78 Å². The number of hydrogen-bond acceptors (Lipinski definition) is 2. The van der Waals surface area contributed by atoms with Crippen molar-refractivity contribution >= 4 is 5.78 Å². The predicted molar refractivity (Wildman–Crippen MR) is 52.2 cm³/mol. The first-order valence-corrected chi connectivity index (χ1v) is 4.49. The SMILES string of the molecule is CC(C)CC(=O)C(C)(C)N(C)C. The van der Waals surface area contributed by atoms with E-state index in [1.54, 1.807) is 0 Å². The molecule has 0 atom stereocenters. The second-order valence-corrected chi connectivity index (χ2v) is 4.47. The summed E-state index contributed by atoms with van der Waals surface area (Å²) in [5, 5.41) is 0. The molecule has 0 radical (unpaired) electrons. The van der Waals surface area contributed by atoms with Crippen molar-refractivity contribution in [2.24, 2.45) is 5.92 Å². The number of nitrogens with zero attached hydrogens (tertiary/aromatic N) is 1. The molecule has 0 saturated heterocycles. The van der Waals surface area contributed by atoms with Gasteiger partial charge in [-0.3, -0.25) is 9.69 Å². The third-order valence-electron chi connectivity index (χ3n) is 2.39. The minimum Gasteiger partial charge on any atom is -0.298 e. The van der Waals surface area contributed by atoms with E-state index in [1.165, 1.54) is 0 Å². The molecule has 0 aliphatic rings. The average molecular weight is 171 g/mol. The van der Waals surface area contributed by atoms with Crippen LogP contribution in [0.1, 0.15) is 34.1 Å². The zero-order valence-corrected chi connectivity index (χ0v) is 9.14. The molecule has 0 aromatic carbocycles. The summed E-state index contributed by atoms with van der Waals surface area (Å²) in [7, 11) is 3.89. The fraction of sp³-hybridized carbons (Fsp3) is 0.900. The Morgan fingerprint density at radius 1 is 1.33 bits per heavy atom. The maximum Gasteiger partial charge on any atom is 0.152 e. The maximum absolute atomic E-state index is 11.7. The molecule has 0 N–H and O–H groups in total. The van der Waals surface area contributed by atoms with Gasteiger partial charge in [-0.05, 0) is 33.9 Å². The van der Waals surface area contributed by atoms with Gasteiger partial charge in [0.05, 0.1) is 5.54 Å². The summed E-state index contributed by atoms with van der Waals surface area (Å²) < 4.78 is 0. The van der Waals surface area contributed by atoms with E-state index >= 15 is 0 Å². The summed E-state index contributed by atoms with van der Waals surface area (Å²) >= 11 is 0. The number of carbonyl (C=O) groups excluding carboxylic acids is 1. The van der Waals surface area contributed by atoms with Crippen LogP contribution in [0.4, 0.5) is 0 Å². The zero-order chi connectivity index (χ0) is 9.94. The third kappa shape index (κ3) is 2.94. The van der Waals surface area contributed by atoms with Gasteiger partial charge in [-0.1, -0.05) is 13.8 Å². The number of rotatable bonds is 4. The van der Waals surface area contributed by atoms with Crippen LogP contribution in [-0.2, 0) is 4.79 Å². The fourth-order valence-electron chi connectivity index (χ4n) is 0.870. The molecule has 0 unspecified atom stereocenters. The van der Waals surface area contributed by atoms with Crippen molar-refractivity contribution in [3.05, 3.63) is 0 Å². The first-order valence-electron chi connectivity index (χ1n) is 4.49. The van der Waals surface area contributed by atoms with E-state index < -0.39 is 0 Å². The molecule has 0 rings (SSSR count). The quantitative estimate of drug-likeness (QED) is 0.644. The Morgan fingerprint density at radius 2 is 1.75 bits per heavy atom. The van der Waals surface area contributed by atoms with Crippen molar-refractivity contribution in [1.82, 2.24) is 4.90 Å². The Hall–Kier alpha value is -0.370. The Morgan fingerprint density at radius 3 is 2.00 bits per heavy atom. The maximum atomic E-state index is 11.7. The monoisotopic (exact) mass is 171 g/mol. The van der Waals surface area contributed by atoms with Gasteiger partial charge >= 0.3 is 0 Å². The minimum absolute atomic E-state index is 0.315. The second-order valence-electron chi connectivity index (χ2n) is 4.47. The first kappa shape index (κ1) is 11.6. The highest BCUT2D eigenvalue weighted by Crippen LogP contribution is 2.16. The van der Waals surface area contributed by atoms with E-state index in [-0.39, 0.29) is 5.54 Å². The molecule has 0 bridgehead atoms. The van der Waals surface area contributed by atoms with Crippen molar-refractivity contribution < 1.29 is 4.79 Å². The molecule has 0 fully saturated rings. The molecule has 2 nitrogen and oxygen atoms in total. The molecular formula is C10H21NO. The zero-order valence-electron chi connectivity index (χ0n) is 9.14. The highest BCUT2D eigenvalue weighted by Gasteiger charge is 2.29. The van der Waals surface area contributed by atoms with E-state index in [4.69, 9.17) is 0 Å². The van der Waals surface area contributed by atoms with E-state index in [1.807, 2.05) is 32.8 Å². The van der Waals surface area contributed by atoms with E-state index in [0.29, 0.717) is 18.1 Å². The minimum atomic E-state index is -0.315. The van der Waals surface area contributed by atoms with Gasteiger partial charge in [0.1, 0.15) is 0 Å². The number of carbonyl (C=O) groups is 1. The van der Waals surface area contributed by atoms with E-state index in [0.717, 1.165) is 0 Å². The summed E-state index contributed by atoms with van der Waals surface area (Å²) in [5.41, 5.74) is -0.315. The summed E-state index contributed by atoms with van der Waals surface area (Å²) in [5.74, 6) is 0.777. The third-order valence-corrected chi connectivity index (χ3v) is 2.39. The molecule has 0 aliphatic heterocycles. The van der Waals surface area contributed by atoms with Gasteiger partial charge in [0, 0.05) is 6.42 Å². The lowest BCUT2D eigenvalue weighted by Gasteiger charge is -2.31. The number of hydrogen-bond donors (Lipinski definition) is 0.